The molecule has 1 nitrogen and oxygen atoms in total. The standard InChI is InChI=1S/C9H22NP/c1-4-7-11(10,8-5-2)9-6-3/h10H,4-9H2,1-3H3. The monoisotopic (exact) mass is 175 g/mol. The van der Waals surface area contributed by atoms with Crippen molar-refractivity contribution in [3.63, 3.8) is 0 Å². The molecule has 0 aromatic carbocycles. The lowest BCUT2D eigenvalue weighted by Gasteiger charge is -2.19. The molecule has 0 fully saturated rings. The molecule has 0 bridgehead atoms. The van der Waals surface area contributed by atoms with Crippen LogP contribution in [-0.4, -0.2) is 18.5 Å². The Labute approximate surface area is 71.4 Å². The van der Waals surface area contributed by atoms with Crippen molar-refractivity contribution in [2.24, 2.45) is 0 Å². The van der Waals surface area contributed by atoms with Gasteiger partial charge >= 0.3 is 0 Å². The van der Waals surface area contributed by atoms with Crippen LogP contribution in [-0.2, 0) is 0 Å². The Bertz CT molecular complexity index is 108. The molecule has 0 aliphatic heterocycles. The predicted molar refractivity (Wildman–Crippen MR) is 55.1 cm³/mol. The Balaban J connectivity index is 3.91. The average Bonchev–Trinajstić information content (AvgIpc) is 1.88. The lowest BCUT2D eigenvalue weighted by Crippen LogP contribution is -1.97. The Morgan fingerprint density at radius 2 is 1.09 bits per heavy atom. The molecule has 68 valence electrons. The third-order valence-corrected chi connectivity index (χ3v) is 5.86. The molecule has 0 saturated carbocycles. The van der Waals surface area contributed by atoms with Crippen LogP contribution in [0.5, 0.6) is 0 Å². The molecule has 0 rings (SSSR count). The number of hydrogen-bond donors (Lipinski definition) is 1. The molecule has 0 aliphatic rings. The van der Waals surface area contributed by atoms with Gasteiger partial charge in [0.25, 0.3) is 0 Å². The fraction of sp³-hybridized carbons (Fsp3) is 1.00. The van der Waals surface area contributed by atoms with Crippen LogP contribution >= 0.6 is 7.05 Å². The van der Waals surface area contributed by atoms with E-state index in [1.165, 1.54) is 37.7 Å². The summed E-state index contributed by atoms with van der Waals surface area (Å²) in [6, 6.07) is 0. The molecule has 0 aliphatic carbocycles. The maximum atomic E-state index is 8.23. The summed E-state index contributed by atoms with van der Waals surface area (Å²) in [7, 11) is -1.22. The van der Waals surface area contributed by atoms with Gasteiger partial charge in [0.2, 0.25) is 0 Å². The van der Waals surface area contributed by atoms with Crippen molar-refractivity contribution in [3.8, 4) is 0 Å². The first kappa shape index (κ1) is 11.2. The zero-order chi connectivity index (χ0) is 8.74. The molecule has 11 heavy (non-hydrogen) atoms. The molecule has 0 aromatic heterocycles. The van der Waals surface area contributed by atoms with E-state index >= 15 is 0 Å². The molecule has 0 heterocycles. The summed E-state index contributed by atoms with van der Waals surface area (Å²) < 4.78 is 0. The minimum absolute atomic E-state index is 1.19. The maximum Gasteiger partial charge on any atom is -0.0181 e. The van der Waals surface area contributed by atoms with E-state index in [0.29, 0.717) is 0 Å². The Hall–Kier alpha value is 0.230. The van der Waals surface area contributed by atoms with Crippen LogP contribution in [0.15, 0.2) is 0 Å². The van der Waals surface area contributed by atoms with E-state index in [1.807, 2.05) is 0 Å². The van der Waals surface area contributed by atoms with Crippen LogP contribution in [0.4, 0.5) is 0 Å². The van der Waals surface area contributed by atoms with E-state index in [4.69, 9.17) is 5.16 Å². The topological polar surface area (TPSA) is 23.9 Å². The first-order chi connectivity index (χ1) is 5.18. The first-order valence-corrected chi connectivity index (χ1v) is 7.14. The summed E-state index contributed by atoms with van der Waals surface area (Å²) in [4.78, 5) is 0. The quantitative estimate of drug-likeness (QED) is 0.590. The molecule has 0 aromatic rings. The van der Waals surface area contributed by atoms with E-state index in [0.717, 1.165) is 0 Å². The second-order valence-electron chi connectivity index (χ2n) is 3.32. The largest absolute Gasteiger partial charge is 0.319 e. The highest BCUT2D eigenvalue weighted by molar-refractivity contribution is 7.65. The van der Waals surface area contributed by atoms with Gasteiger partial charge < -0.3 is 5.16 Å². The van der Waals surface area contributed by atoms with E-state index in [9.17, 15) is 0 Å². The van der Waals surface area contributed by atoms with Crippen molar-refractivity contribution in [2.45, 2.75) is 40.0 Å². The van der Waals surface area contributed by atoms with Gasteiger partial charge in [-0.2, -0.15) is 0 Å². The Morgan fingerprint density at radius 3 is 1.27 bits per heavy atom. The Kier molecular flexibility index (Phi) is 5.95. The van der Waals surface area contributed by atoms with Crippen molar-refractivity contribution in [2.75, 3.05) is 18.5 Å². The maximum absolute atomic E-state index is 8.23. The van der Waals surface area contributed by atoms with Gasteiger partial charge in [0.15, 0.2) is 0 Å². The molecule has 0 saturated heterocycles. The zero-order valence-electron chi connectivity index (χ0n) is 8.19. The molecular weight excluding hydrogens is 153 g/mol. The highest BCUT2D eigenvalue weighted by Gasteiger charge is 2.12. The van der Waals surface area contributed by atoms with Crippen LogP contribution in [0.25, 0.3) is 0 Å². The minimum atomic E-state index is -1.22. The van der Waals surface area contributed by atoms with E-state index in [1.54, 1.807) is 0 Å². The van der Waals surface area contributed by atoms with Crippen molar-refractivity contribution in [1.82, 2.24) is 0 Å². The third kappa shape index (κ3) is 4.63. The zero-order valence-corrected chi connectivity index (χ0v) is 9.08. The number of nitrogens with one attached hydrogen (secondary N) is 1. The van der Waals surface area contributed by atoms with Crippen LogP contribution < -0.4 is 0 Å². The molecule has 0 amide bonds. The van der Waals surface area contributed by atoms with Gasteiger partial charge in [0.05, 0.1) is 0 Å². The van der Waals surface area contributed by atoms with Gasteiger partial charge in [-0.3, -0.25) is 0 Å². The average molecular weight is 175 g/mol. The molecule has 2 heteroatoms. The van der Waals surface area contributed by atoms with Crippen LogP contribution in [0, 0.1) is 5.16 Å². The molecule has 0 atom stereocenters. The minimum Gasteiger partial charge on any atom is -0.319 e. The van der Waals surface area contributed by atoms with E-state index in [2.05, 4.69) is 20.8 Å². The van der Waals surface area contributed by atoms with Gasteiger partial charge in [-0.05, 0) is 25.5 Å². The molecule has 0 radical (unpaired) electrons. The van der Waals surface area contributed by atoms with E-state index in [-0.39, 0.29) is 0 Å². The smallest absolute Gasteiger partial charge is 0.0181 e. The fourth-order valence-corrected chi connectivity index (χ4v) is 4.86. The second-order valence-corrected chi connectivity index (χ2v) is 6.95. The van der Waals surface area contributed by atoms with Crippen molar-refractivity contribution in [3.05, 3.63) is 0 Å². The van der Waals surface area contributed by atoms with E-state index < -0.39 is 7.05 Å². The van der Waals surface area contributed by atoms with Gasteiger partial charge in [0, 0.05) is 0 Å². The Morgan fingerprint density at radius 1 is 0.818 bits per heavy atom. The predicted octanol–water partition coefficient (Wildman–Crippen LogP) is 4.00. The van der Waals surface area contributed by atoms with Gasteiger partial charge in [-0.15, -0.1) is 0 Å². The van der Waals surface area contributed by atoms with Crippen molar-refractivity contribution < 1.29 is 0 Å². The first-order valence-electron chi connectivity index (χ1n) is 4.79. The summed E-state index contributed by atoms with van der Waals surface area (Å²) >= 11 is 0. The molecule has 0 unspecified atom stereocenters. The summed E-state index contributed by atoms with van der Waals surface area (Å²) in [5.41, 5.74) is 0. The molecule has 0 spiro atoms. The van der Waals surface area contributed by atoms with Crippen molar-refractivity contribution >= 4 is 7.05 Å². The van der Waals surface area contributed by atoms with Gasteiger partial charge in [0.1, 0.15) is 0 Å². The summed E-state index contributed by atoms with van der Waals surface area (Å²) in [5, 5.41) is 8.23. The highest BCUT2D eigenvalue weighted by atomic mass is 31.2. The lowest BCUT2D eigenvalue weighted by atomic mass is 10.6. The summed E-state index contributed by atoms with van der Waals surface area (Å²) in [5.74, 6) is 0. The van der Waals surface area contributed by atoms with Gasteiger partial charge in [-0.25, -0.2) is 0 Å². The van der Waals surface area contributed by atoms with Crippen LogP contribution in [0.3, 0.4) is 0 Å². The normalized spacial score (nSPS) is 11.9. The van der Waals surface area contributed by atoms with Crippen molar-refractivity contribution in [1.29, 1.82) is 5.16 Å². The van der Waals surface area contributed by atoms with Crippen LogP contribution in [0.1, 0.15) is 40.0 Å². The second kappa shape index (κ2) is 5.83. The number of rotatable bonds is 6. The number of hydrogen-bond acceptors (Lipinski definition) is 1. The summed E-state index contributed by atoms with van der Waals surface area (Å²) in [6.45, 7) is 6.61. The highest BCUT2D eigenvalue weighted by Crippen LogP contribution is 2.47. The molecular formula is C9H22NP. The lowest BCUT2D eigenvalue weighted by molar-refractivity contribution is 0.998. The van der Waals surface area contributed by atoms with Crippen LogP contribution in [0.2, 0.25) is 0 Å². The summed E-state index contributed by atoms with van der Waals surface area (Å²) in [6.07, 6.45) is 7.18. The molecule has 1 N–H and O–H groups in total. The SMILES string of the molecule is CCCP(=N)(CCC)CCC. The fourth-order valence-electron chi connectivity index (χ4n) is 1.62. The third-order valence-electron chi connectivity index (χ3n) is 1.95. The van der Waals surface area contributed by atoms with Gasteiger partial charge in [-0.1, -0.05) is 40.0 Å².